The lowest BCUT2D eigenvalue weighted by molar-refractivity contribution is 0.603. The number of fused-ring (bicyclic) bond motifs is 1. The number of rotatable bonds is 5. The smallest absolute Gasteiger partial charge is 0.221 e. The van der Waals surface area contributed by atoms with Gasteiger partial charge in [-0.15, -0.1) is 5.10 Å². The molecule has 1 unspecified atom stereocenters. The monoisotopic (exact) mass is 359 g/mol. The molecule has 2 heterocycles. The molecule has 0 aromatic carbocycles. The summed E-state index contributed by atoms with van der Waals surface area (Å²) in [5, 5.41) is 10.6. The van der Waals surface area contributed by atoms with Crippen LogP contribution in [-0.4, -0.2) is 43.7 Å². The molecule has 0 radical (unpaired) electrons. The van der Waals surface area contributed by atoms with Crippen LogP contribution in [0.2, 0.25) is 0 Å². The summed E-state index contributed by atoms with van der Waals surface area (Å²) in [5.41, 5.74) is 5.37. The molecule has 0 spiro atoms. The Balaban J connectivity index is 2.22. The van der Waals surface area contributed by atoms with Crippen LogP contribution in [0.1, 0.15) is 26.7 Å². The SMILES string of the molecule is CCCN=C1CC(C)Nc2c(S(=O)(=O)C3=C=C=CC=C3)c(NC)nn21. The molecule has 1 aliphatic carbocycles. The van der Waals surface area contributed by atoms with Crippen molar-refractivity contribution in [3.8, 4) is 0 Å². The molecule has 0 saturated heterocycles. The standard InChI is InChI=1S/C17H21N5O2S/c1-4-10-19-14-11-12(2)20-17-15(16(18-3)21-22(14)17)25(23,24)13-8-6-5-7-9-13/h5-6,8,12,20H,4,10-11H2,1-3H3,(H,18,21). The molecule has 2 aliphatic rings. The van der Waals surface area contributed by atoms with Gasteiger partial charge in [0.05, 0.1) is 0 Å². The number of nitrogens with zero attached hydrogens (tertiary/aromatic N) is 3. The van der Waals surface area contributed by atoms with E-state index >= 15 is 0 Å². The second-order valence-electron chi connectivity index (χ2n) is 5.90. The Bertz CT molecular complexity index is 955. The van der Waals surface area contributed by atoms with Gasteiger partial charge in [0, 0.05) is 26.1 Å². The van der Waals surface area contributed by atoms with Crippen LogP contribution in [0.4, 0.5) is 11.6 Å². The first-order valence-electron chi connectivity index (χ1n) is 8.23. The van der Waals surface area contributed by atoms with E-state index in [0.717, 1.165) is 12.3 Å². The second-order valence-corrected chi connectivity index (χ2v) is 7.75. The fourth-order valence-corrected chi connectivity index (χ4v) is 4.23. The molecule has 8 heteroatoms. The zero-order valence-electron chi connectivity index (χ0n) is 14.5. The van der Waals surface area contributed by atoms with E-state index in [0.29, 0.717) is 18.8 Å². The van der Waals surface area contributed by atoms with E-state index in [-0.39, 0.29) is 21.7 Å². The summed E-state index contributed by atoms with van der Waals surface area (Å²) in [5.74, 6) is 1.50. The average Bonchev–Trinajstić information content (AvgIpc) is 2.99. The molecule has 1 atom stereocenters. The number of aromatic nitrogens is 2. The molecular formula is C17H21N5O2S. The first-order valence-corrected chi connectivity index (χ1v) is 9.71. The van der Waals surface area contributed by atoms with Gasteiger partial charge in [-0.1, -0.05) is 18.7 Å². The third-order valence-corrected chi connectivity index (χ3v) is 5.64. The minimum atomic E-state index is -3.80. The summed E-state index contributed by atoms with van der Waals surface area (Å²) >= 11 is 0. The highest BCUT2D eigenvalue weighted by molar-refractivity contribution is 7.95. The van der Waals surface area contributed by atoms with Gasteiger partial charge in [0.1, 0.15) is 10.7 Å². The highest BCUT2D eigenvalue weighted by Gasteiger charge is 2.35. The number of anilines is 2. The fraction of sp³-hybridized carbons (Fsp3) is 0.412. The molecule has 132 valence electrons. The average molecular weight is 359 g/mol. The summed E-state index contributed by atoms with van der Waals surface area (Å²) in [6, 6.07) is 0.0600. The van der Waals surface area contributed by atoms with Gasteiger partial charge in [0.15, 0.2) is 16.5 Å². The topological polar surface area (TPSA) is 88.4 Å². The van der Waals surface area contributed by atoms with E-state index in [4.69, 9.17) is 0 Å². The molecule has 3 rings (SSSR count). The molecule has 2 N–H and O–H groups in total. The summed E-state index contributed by atoms with van der Waals surface area (Å²) < 4.78 is 27.9. The predicted octanol–water partition coefficient (Wildman–Crippen LogP) is 2.32. The van der Waals surface area contributed by atoms with Crippen LogP contribution in [0.25, 0.3) is 0 Å². The first-order chi connectivity index (χ1) is 12.0. The number of hydrogen-bond donors (Lipinski definition) is 2. The number of nitrogens with one attached hydrogen (secondary N) is 2. The maximum Gasteiger partial charge on any atom is 0.221 e. The van der Waals surface area contributed by atoms with Crippen molar-refractivity contribution in [3.63, 3.8) is 0 Å². The van der Waals surface area contributed by atoms with Gasteiger partial charge in [-0.25, -0.2) is 13.1 Å². The third-order valence-electron chi connectivity index (χ3n) is 3.89. The Labute approximate surface area is 147 Å². The maximum atomic E-state index is 13.1. The minimum Gasteiger partial charge on any atom is -0.370 e. The summed E-state index contributed by atoms with van der Waals surface area (Å²) in [6.45, 7) is 4.73. The van der Waals surface area contributed by atoms with Crippen molar-refractivity contribution in [2.75, 3.05) is 24.2 Å². The minimum absolute atomic E-state index is 0.0600. The molecule has 1 aromatic rings. The number of sulfone groups is 1. The molecule has 1 aliphatic heterocycles. The fourth-order valence-electron chi connectivity index (χ4n) is 2.76. The van der Waals surface area contributed by atoms with Crippen molar-refractivity contribution in [3.05, 3.63) is 34.6 Å². The van der Waals surface area contributed by atoms with Crippen molar-refractivity contribution in [1.29, 1.82) is 0 Å². The summed E-state index contributed by atoms with van der Waals surface area (Å²) in [4.78, 5) is 4.75. The highest BCUT2D eigenvalue weighted by Crippen LogP contribution is 2.36. The van der Waals surface area contributed by atoms with Crippen LogP contribution in [0.15, 0.2) is 44.5 Å². The van der Waals surface area contributed by atoms with Gasteiger partial charge in [-0.2, -0.15) is 0 Å². The van der Waals surface area contributed by atoms with Crippen molar-refractivity contribution < 1.29 is 8.42 Å². The third kappa shape index (κ3) is 3.07. The second kappa shape index (κ2) is 6.76. The van der Waals surface area contributed by atoms with E-state index in [2.05, 4.69) is 39.1 Å². The summed E-state index contributed by atoms with van der Waals surface area (Å²) in [7, 11) is -2.14. The lowest BCUT2D eigenvalue weighted by Gasteiger charge is -2.24. The van der Waals surface area contributed by atoms with Crippen LogP contribution < -0.4 is 10.6 Å². The Morgan fingerprint density at radius 3 is 2.96 bits per heavy atom. The Kier molecular flexibility index (Phi) is 4.68. The molecule has 25 heavy (non-hydrogen) atoms. The van der Waals surface area contributed by atoms with Crippen LogP contribution in [0.3, 0.4) is 0 Å². The summed E-state index contributed by atoms with van der Waals surface area (Å²) in [6.07, 6.45) is 6.35. The van der Waals surface area contributed by atoms with E-state index in [1.807, 2.05) is 6.92 Å². The number of hydrogen-bond acceptors (Lipinski definition) is 6. The van der Waals surface area contributed by atoms with Gasteiger partial charge in [-0.3, -0.25) is 4.99 Å². The maximum absolute atomic E-state index is 13.1. The van der Waals surface area contributed by atoms with E-state index in [1.54, 1.807) is 23.9 Å². The molecule has 0 amide bonds. The molecule has 1 aromatic heterocycles. The van der Waals surface area contributed by atoms with Gasteiger partial charge in [0.2, 0.25) is 9.84 Å². The highest BCUT2D eigenvalue weighted by atomic mass is 32.2. The largest absolute Gasteiger partial charge is 0.370 e. The quantitative estimate of drug-likeness (QED) is 0.788. The van der Waals surface area contributed by atoms with E-state index in [9.17, 15) is 8.42 Å². The van der Waals surface area contributed by atoms with E-state index in [1.165, 1.54) is 6.08 Å². The molecule has 0 fully saturated rings. The predicted molar refractivity (Wildman–Crippen MR) is 98.9 cm³/mol. The van der Waals surface area contributed by atoms with Crippen molar-refractivity contribution in [2.24, 2.45) is 4.99 Å². The molecule has 0 saturated carbocycles. The van der Waals surface area contributed by atoms with Crippen molar-refractivity contribution >= 4 is 27.3 Å². The lowest BCUT2D eigenvalue weighted by Crippen LogP contribution is -2.33. The van der Waals surface area contributed by atoms with E-state index < -0.39 is 9.84 Å². The van der Waals surface area contributed by atoms with Gasteiger partial charge >= 0.3 is 0 Å². The normalized spacial score (nSPS) is 20.4. The van der Waals surface area contributed by atoms with Crippen LogP contribution in [0, 0.1) is 0 Å². The number of allylic oxidation sites excluding steroid dienone is 3. The molecule has 7 nitrogen and oxygen atoms in total. The lowest BCUT2D eigenvalue weighted by atomic mass is 10.2. The van der Waals surface area contributed by atoms with Crippen LogP contribution in [0.5, 0.6) is 0 Å². The Hall–Kier alpha value is -2.53. The molecular weight excluding hydrogens is 338 g/mol. The Morgan fingerprint density at radius 2 is 2.32 bits per heavy atom. The zero-order chi connectivity index (χ0) is 18.0. The Morgan fingerprint density at radius 1 is 1.52 bits per heavy atom. The van der Waals surface area contributed by atoms with Gasteiger partial charge < -0.3 is 10.6 Å². The van der Waals surface area contributed by atoms with Gasteiger partial charge in [0.25, 0.3) is 0 Å². The van der Waals surface area contributed by atoms with Gasteiger partial charge in [-0.05, 0) is 31.2 Å². The first kappa shape index (κ1) is 17.3. The van der Waals surface area contributed by atoms with Crippen LogP contribution >= 0.6 is 0 Å². The van der Waals surface area contributed by atoms with Crippen molar-refractivity contribution in [1.82, 2.24) is 9.78 Å². The van der Waals surface area contributed by atoms with Crippen LogP contribution in [-0.2, 0) is 9.84 Å². The zero-order valence-corrected chi connectivity index (χ0v) is 15.3. The molecule has 0 bridgehead atoms. The number of aliphatic imine (C=N–C) groups is 1. The van der Waals surface area contributed by atoms with Crippen molar-refractivity contribution in [2.45, 2.75) is 37.6 Å².